The van der Waals surface area contributed by atoms with Gasteiger partial charge in [-0.05, 0) is 104 Å². The van der Waals surface area contributed by atoms with Crippen molar-refractivity contribution in [2.45, 2.75) is 296 Å². The molecule has 19 N–H and O–H groups in total. The zero-order valence-corrected chi connectivity index (χ0v) is 55.1. The van der Waals surface area contributed by atoms with Gasteiger partial charge in [0.25, 0.3) is 0 Å². The molecule has 7 saturated heterocycles. The van der Waals surface area contributed by atoms with Crippen molar-refractivity contribution in [2.75, 3.05) is 52.9 Å². The Morgan fingerprint density at radius 1 is 0.396 bits per heavy atom. The maximum absolute atomic E-state index is 12.8. The third kappa shape index (κ3) is 11.9. The van der Waals surface area contributed by atoms with Crippen LogP contribution in [0, 0.1) is 50.2 Å². The van der Waals surface area contributed by atoms with Crippen LogP contribution < -0.4 is 0 Å². The summed E-state index contributed by atoms with van der Waals surface area (Å²) in [6.07, 6.45) is -46.4. The Kier molecular flexibility index (Phi) is 21.4. The number of rotatable bonds is 17. The predicted octanol–water partition coefficient (Wildman–Crippen LogP) is -6.45. The van der Waals surface area contributed by atoms with Crippen LogP contribution in [0.2, 0.25) is 0 Å². The first-order valence-corrected chi connectivity index (χ1v) is 34.3. The van der Waals surface area contributed by atoms with Gasteiger partial charge < -0.3 is 159 Å². The molecule has 12 fully saturated rings. The van der Waals surface area contributed by atoms with Gasteiger partial charge in [0, 0.05) is 17.4 Å². The molecule has 5 saturated carbocycles. The van der Waals surface area contributed by atoms with E-state index >= 15 is 0 Å². The van der Waals surface area contributed by atoms with Crippen molar-refractivity contribution < 1.29 is 159 Å². The molecule has 5 aliphatic carbocycles. The van der Waals surface area contributed by atoms with Crippen LogP contribution in [0.25, 0.3) is 0 Å². The van der Waals surface area contributed by atoms with E-state index in [2.05, 4.69) is 41.5 Å². The van der Waals surface area contributed by atoms with Gasteiger partial charge in [-0.25, -0.2) is 0 Å². The second kappa shape index (κ2) is 27.6. The summed E-state index contributed by atoms with van der Waals surface area (Å²) >= 11 is 0. The molecule has 96 heavy (non-hydrogen) atoms. The maximum Gasteiger partial charge on any atom is 0.187 e. The Balaban J connectivity index is 0.818. The molecule has 554 valence electrons. The molecule has 32 nitrogen and oxygen atoms in total. The van der Waals surface area contributed by atoms with Crippen LogP contribution in [0.15, 0.2) is 0 Å². The lowest BCUT2D eigenvalue weighted by atomic mass is 9.30. The molecule has 0 aromatic carbocycles. The fourth-order valence-corrected chi connectivity index (χ4v) is 20.4. The third-order valence-corrected chi connectivity index (χ3v) is 26.3. The highest BCUT2D eigenvalue weighted by Crippen LogP contribution is 2.80. The molecule has 12 rings (SSSR count). The molecule has 0 unspecified atom stereocenters. The molecule has 2 bridgehead atoms. The second-order valence-corrected chi connectivity index (χ2v) is 31.6. The Morgan fingerprint density at radius 2 is 0.917 bits per heavy atom. The van der Waals surface area contributed by atoms with Crippen molar-refractivity contribution in [2.24, 2.45) is 50.2 Å². The molecule has 0 radical (unpaired) electrons. The van der Waals surface area contributed by atoms with Gasteiger partial charge in [0.2, 0.25) is 0 Å². The molecule has 39 atom stereocenters. The van der Waals surface area contributed by atoms with E-state index in [1.165, 1.54) is 0 Å². The molecule has 12 aliphatic rings. The van der Waals surface area contributed by atoms with Gasteiger partial charge in [-0.1, -0.05) is 41.5 Å². The quantitative estimate of drug-likeness (QED) is 0.0602. The topological polar surface area (TPSA) is 504 Å². The lowest BCUT2D eigenvalue weighted by Crippen LogP contribution is -2.74. The summed E-state index contributed by atoms with van der Waals surface area (Å²) in [6, 6.07) is 0. The Labute approximate surface area is 555 Å². The summed E-state index contributed by atoms with van der Waals surface area (Å²) in [5.74, 6) is 0.325. The van der Waals surface area contributed by atoms with Crippen LogP contribution in [0.4, 0.5) is 0 Å². The van der Waals surface area contributed by atoms with E-state index in [1.807, 2.05) is 0 Å². The summed E-state index contributed by atoms with van der Waals surface area (Å²) in [6.45, 7) is 9.18. The van der Waals surface area contributed by atoms with Gasteiger partial charge in [0.1, 0.15) is 134 Å². The first kappa shape index (κ1) is 74.4. The summed E-state index contributed by atoms with van der Waals surface area (Å²) in [4.78, 5) is 0. The van der Waals surface area contributed by atoms with Gasteiger partial charge in [-0.3, -0.25) is 0 Å². The van der Waals surface area contributed by atoms with Gasteiger partial charge in [0.05, 0.1) is 64.1 Å². The van der Waals surface area contributed by atoms with Crippen LogP contribution in [-0.2, 0) is 61.6 Å². The highest BCUT2D eigenvalue weighted by molar-refractivity contribution is 5.28. The number of fused-ring (bicyclic) bond motifs is 4. The fraction of sp³-hybridized carbons (Fsp3) is 1.00. The summed E-state index contributed by atoms with van der Waals surface area (Å²) in [7, 11) is 0. The van der Waals surface area contributed by atoms with Gasteiger partial charge >= 0.3 is 0 Å². The van der Waals surface area contributed by atoms with E-state index in [1.54, 1.807) is 0 Å². The molecule has 7 aliphatic heterocycles. The van der Waals surface area contributed by atoms with Crippen molar-refractivity contribution in [3.63, 3.8) is 0 Å². The highest BCUT2D eigenvalue weighted by Gasteiger charge is 2.80. The molecular weight excluding hydrogens is 1280 g/mol. The minimum atomic E-state index is -2.21. The lowest BCUT2D eigenvalue weighted by molar-refractivity contribution is -0.408. The van der Waals surface area contributed by atoms with Gasteiger partial charge in [0.15, 0.2) is 37.7 Å². The van der Waals surface area contributed by atoms with Crippen LogP contribution in [0.3, 0.4) is 0 Å². The average Bonchev–Trinajstić information content (AvgIpc) is 1.29. The largest absolute Gasteiger partial charge is 0.396 e. The molecular formula is C64H106O32. The molecule has 1 spiro atoms. The number of hydrogen-bond acceptors (Lipinski definition) is 32. The summed E-state index contributed by atoms with van der Waals surface area (Å²) < 4.78 is 80.8. The Bertz CT molecular complexity index is 2630. The number of aliphatic hydroxyl groups excluding tert-OH is 19. The average molecular weight is 1390 g/mol. The van der Waals surface area contributed by atoms with Crippen molar-refractivity contribution in [3.8, 4) is 0 Å². The van der Waals surface area contributed by atoms with Crippen molar-refractivity contribution in [1.82, 2.24) is 0 Å². The highest BCUT2D eigenvalue weighted by atomic mass is 16.8. The molecule has 7 heterocycles. The normalized spacial score (nSPS) is 57.3. The SMILES string of the molecule is CC1(C)[C@@H](O[C@@H]2OC[C@H](O[C@@H]3O[C@H](CO)[C@@H](O)[C@H](O[C@@H]4O[C@H](CO)[C@@H](O)[C@H](O[C@@H]5O[C@H](CO)[C@@H](O)[C@H](O)[C@H]5O)[C@H]4O)[C@H]3O[C@@H]3OC[C@@H](O)[C@H](O)[C@H]3O)[C@H](O)[C@H]2O[C@@H]2O[C@H](CO)[C@@H](O)[C@H](O)[C@H]2O)CC[C@]2(C)[C@H]3CC[C@]45OC[C@@]6(CC[C@](C)(CO)C[C@H]64)[C@H](O)C[C@@]5(C)[C@]3(C)CC[C@@H]12. The lowest BCUT2D eigenvalue weighted by Gasteiger charge is -2.75. The Hall–Kier alpha value is -1.28. The van der Waals surface area contributed by atoms with Gasteiger partial charge in [-0.2, -0.15) is 0 Å². The summed E-state index contributed by atoms with van der Waals surface area (Å²) in [5, 5.41) is 210. The number of aliphatic hydroxyl groups is 19. The third-order valence-electron chi connectivity index (χ3n) is 26.3. The fourth-order valence-electron chi connectivity index (χ4n) is 20.4. The number of ether oxygens (including phenoxy) is 13. The zero-order chi connectivity index (χ0) is 69.5. The van der Waals surface area contributed by atoms with E-state index in [4.69, 9.17) is 61.6 Å². The van der Waals surface area contributed by atoms with E-state index in [0.29, 0.717) is 25.9 Å². The van der Waals surface area contributed by atoms with E-state index in [-0.39, 0.29) is 46.0 Å². The second-order valence-electron chi connectivity index (χ2n) is 31.6. The minimum Gasteiger partial charge on any atom is -0.396 e. The van der Waals surface area contributed by atoms with Crippen LogP contribution in [0.1, 0.15) is 106 Å². The number of hydrogen-bond donors (Lipinski definition) is 19. The molecule has 32 heteroatoms. The van der Waals surface area contributed by atoms with E-state index in [9.17, 15) is 97.0 Å². The van der Waals surface area contributed by atoms with Crippen molar-refractivity contribution >= 4 is 0 Å². The molecule has 0 amide bonds. The van der Waals surface area contributed by atoms with Crippen LogP contribution in [0.5, 0.6) is 0 Å². The van der Waals surface area contributed by atoms with Crippen molar-refractivity contribution in [3.05, 3.63) is 0 Å². The van der Waals surface area contributed by atoms with E-state index in [0.717, 1.165) is 44.9 Å². The van der Waals surface area contributed by atoms with Crippen LogP contribution in [-0.4, -0.2) is 340 Å². The maximum atomic E-state index is 12.8. The predicted molar refractivity (Wildman–Crippen MR) is 317 cm³/mol. The smallest absolute Gasteiger partial charge is 0.187 e. The Morgan fingerprint density at radius 3 is 1.52 bits per heavy atom. The van der Waals surface area contributed by atoms with E-state index < -0.39 is 240 Å². The molecule has 0 aromatic rings. The van der Waals surface area contributed by atoms with Crippen LogP contribution >= 0.6 is 0 Å². The van der Waals surface area contributed by atoms with Crippen molar-refractivity contribution in [1.29, 1.82) is 0 Å². The standard InChI is InChI=1S/C64H106O32/c1-58(2)31-7-11-61(5)32(8-12-64-33-15-59(3,23-69)13-14-63(33,24-86-64)34(71)16-62(61,64)6)60(31,4)10-9-35(58)92-56-50(95-54-46(82)43(79)38(74)27(18-66)88-54)41(77)30(22-85-56)91-57-51(96-52-44(80)36(72)25(70)21-84-52)49(40(76)29(20-68)90-57)94-55-47(83)48(39(75)28(19-67)89-55)93-53-45(81)42(78)37(73)26(17-65)87-53/h25-57,65-83H,7-24H2,1-6H3/t25-,26-,27-,28-,29-,30+,31+,32-,33-,34-,35+,36+,37-,38-,39-,40-,41+,42+,43+,44-,45-,46-,47-,48+,49+,50-,51-,52+,53+,54+,55+,56+,57+,59+,60+,61-,62+,63-,64+/m1/s1. The monoisotopic (exact) mass is 1390 g/mol. The minimum absolute atomic E-state index is 0.0420. The first-order valence-electron chi connectivity index (χ1n) is 34.3. The summed E-state index contributed by atoms with van der Waals surface area (Å²) in [5.41, 5.74) is -2.68. The first-order chi connectivity index (χ1) is 45.3. The van der Waals surface area contributed by atoms with Gasteiger partial charge in [-0.15, -0.1) is 0 Å². The molecule has 0 aromatic heterocycles. The zero-order valence-electron chi connectivity index (χ0n) is 55.1.